The molecule has 1 unspecified atom stereocenters. The quantitative estimate of drug-likeness (QED) is 0.914. The molecule has 0 heterocycles. The summed E-state index contributed by atoms with van der Waals surface area (Å²) in [4.78, 5) is 0. The molecule has 0 aromatic heterocycles. The molecular weight excluding hydrogens is 270 g/mol. The van der Waals surface area contributed by atoms with E-state index in [9.17, 15) is 14.0 Å². The van der Waals surface area contributed by atoms with Crippen molar-refractivity contribution in [1.82, 2.24) is 0 Å². The Hall–Kier alpha value is -2.41. The van der Waals surface area contributed by atoms with Crippen LogP contribution in [-0.2, 0) is 6.42 Å². The SMILES string of the molecule is Cc1cc(F)cc(NC(C)(C#N)Cc2cccc(F)c2)c1. The Morgan fingerprint density at radius 1 is 1.14 bits per heavy atom. The van der Waals surface area contributed by atoms with Gasteiger partial charge < -0.3 is 5.32 Å². The third-order valence-electron chi connectivity index (χ3n) is 3.16. The molecular formula is C17H16F2N2. The molecule has 2 rings (SSSR count). The molecule has 0 fully saturated rings. The molecule has 2 nitrogen and oxygen atoms in total. The molecule has 2 aromatic rings. The minimum Gasteiger partial charge on any atom is -0.367 e. The van der Waals surface area contributed by atoms with Crippen LogP contribution in [0.4, 0.5) is 14.5 Å². The van der Waals surface area contributed by atoms with Gasteiger partial charge in [-0.15, -0.1) is 0 Å². The van der Waals surface area contributed by atoms with E-state index in [-0.39, 0.29) is 11.6 Å². The molecule has 108 valence electrons. The van der Waals surface area contributed by atoms with Gasteiger partial charge in [0.25, 0.3) is 0 Å². The number of benzene rings is 2. The Morgan fingerprint density at radius 2 is 1.90 bits per heavy atom. The van der Waals surface area contributed by atoms with Crippen LogP contribution in [0.5, 0.6) is 0 Å². The number of halogens is 2. The summed E-state index contributed by atoms with van der Waals surface area (Å²) < 4.78 is 26.6. The van der Waals surface area contributed by atoms with E-state index in [1.165, 1.54) is 24.3 Å². The summed E-state index contributed by atoms with van der Waals surface area (Å²) in [5.41, 5.74) is 1.06. The lowest BCUT2D eigenvalue weighted by atomic mass is 9.93. The van der Waals surface area contributed by atoms with Crippen LogP contribution in [0.3, 0.4) is 0 Å². The molecule has 0 bridgehead atoms. The highest BCUT2D eigenvalue weighted by molar-refractivity contribution is 5.50. The van der Waals surface area contributed by atoms with Crippen LogP contribution >= 0.6 is 0 Å². The van der Waals surface area contributed by atoms with Crippen molar-refractivity contribution < 1.29 is 8.78 Å². The van der Waals surface area contributed by atoms with Crippen LogP contribution in [0, 0.1) is 29.9 Å². The number of nitrogens with zero attached hydrogens (tertiary/aromatic N) is 1. The average molecular weight is 286 g/mol. The summed E-state index contributed by atoms with van der Waals surface area (Å²) in [6.45, 7) is 3.49. The Kier molecular flexibility index (Phi) is 4.23. The topological polar surface area (TPSA) is 35.8 Å². The summed E-state index contributed by atoms with van der Waals surface area (Å²) in [7, 11) is 0. The van der Waals surface area contributed by atoms with Gasteiger partial charge >= 0.3 is 0 Å². The van der Waals surface area contributed by atoms with Crippen molar-refractivity contribution in [2.24, 2.45) is 0 Å². The van der Waals surface area contributed by atoms with E-state index in [2.05, 4.69) is 11.4 Å². The van der Waals surface area contributed by atoms with Crippen LogP contribution < -0.4 is 5.32 Å². The van der Waals surface area contributed by atoms with Gasteiger partial charge in [0, 0.05) is 12.1 Å². The summed E-state index contributed by atoms with van der Waals surface area (Å²) in [5, 5.41) is 12.4. The van der Waals surface area contributed by atoms with Crippen LogP contribution in [-0.4, -0.2) is 5.54 Å². The number of hydrogen-bond acceptors (Lipinski definition) is 2. The van der Waals surface area contributed by atoms with Crippen LogP contribution in [0.25, 0.3) is 0 Å². The molecule has 1 N–H and O–H groups in total. The number of anilines is 1. The summed E-state index contributed by atoms with van der Waals surface area (Å²) in [6.07, 6.45) is 0.316. The fourth-order valence-electron chi connectivity index (χ4n) is 2.29. The smallest absolute Gasteiger partial charge is 0.126 e. The standard InChI is InChI=1S/C17H16F2N2/c1-12-6-15(19)9-16(7-12)21-17(2,11-20)10-13-4-3-5-14(18)8-13/h3-9,21H,10H2,1-2H3. The van der Waals surface area contributed by atoms with Gasteiger partial charge in [0.05, 0.1) is 6.07 Å². The minimum atomic E-state index is -0.950. The van der Waals surface area contributed by atoms with Crippen molar-refractivity contribution in [3.8, 4) is 6.07 Å². The first kappa shape index (κ1) is 15.0. The van der Waals surface area contributed by atoms with Gasteiger partial charge in [-0.05, 0) is 55.3 Å². The van der Waals surface area contributed by atoms with Crippen molar-refractivity contribution in [3.05, 3.63) is 65.2 Å². The molecule has 0 saturated heterocycles. The highest BCUT2D eigenvalue weighted by Crippen LogP contribution is 2.22. The van der Waals surface area contributed by atoms with E-state index in [1.54, 1.807) is 32.0 Å². The minimum absolute atomic E-state index is 0.316. The van der Waals surface area contributed by atoms with Crippen molar-refractivity contribution in [3.63, 3.8) is 0 Å². The molecule has 21 heavy (non-hydrogen) atoms. The van der Waals surface area contributed by atoms with Gasteiger partial charge in [-0.2, -0.15) is 5.26 Å². The van der Waals surface area contributed by atoms with E-state index in [0.717, 1.165) is 5.56 Å². The zero-order valence-corrected chi connectivity index (χ0v) is 12.0. The molecule has 0 saturated carbocycles. The number of hydrogen-bond donors (Lipinski definition) is 1. The molecule has 1 atom stereocenters. The highest BCUT2D eigenvalue weighted by Gasteiger charge is 2.24. The van der Waals surface area contributed by atoms with Crippen LogP contribution in [0.15, 0.2) is 42.5 Å². The highest BCUT2D eigenvalue weighted by atomic mass is 19.1. The fraction of sp³-hybridized carbons (Fsp3) is 0.235. The fourth-order valence-corrected chi connectivity index (χ4v) is 2.29. The van der Waals surface area contributed by atoms with Gasteiger partial charge in [-0.3, -0.25) is 0 Å². The molecule has 0 aliphatic heterocycles. The number of nitrogens with one attached hydrogen (secondary N) is 1. The zero-order chi connectivity index (χ0) is 15.5. The maximum atomic E-state index is 13.4. The summed E-state index contributed by atoms with van der Waals surface area (Å²) >= 11 is 0. The number of rotatable bonds is 4. The molecule has 0 aliphatic rings. The lowest BCUT2D eigenvalue weighted by Crippen LogP contribution is -2.35. The third kappa shape index (κ3) is 4.03. The van der Waals surface area contributed by atoms with Gasteiger partial charge in [0.1, 0.15) is 17.2 Å². The molecule has 2 aromatic carbocycles. The van der Waals surface area contributed by atoms with Crippen LogP contribution in [0.1, 0.15) is 18.1 Å². The summed E-state index contributed by atoms with van der Waals surface area (Å²) in [6, 6.07) is 12.8. The Morgan fingerprint density at radius 3 is 2.52 bits per heavy atom. The molecule has 0 aliphatic carbocycles. The van der Waals surface area contributed by atoms with E-state index in [4.69, 9.17) is 0 Å². The first-order valence-electron chi connectivity index (χ1n) is 6.61. The second-order valence-electron chi connectivity index (χ2n) is 5.39. The van der Waals surface area contributed by atoms with Crippen molar-refractivity contribution in [2.75, 3.05) is 5.32 Å². The largest absolute Gasteiger partial charge is 0.367 e. The van der Waals surface area contributed by atoms with Gasteiger partial charge in [0.2, 0.25) is 0 Å². The number of aryl methyl sites for hydroxylation is 1. The van der Waals surface area contributed by atoms with Crippen molar-refractivity contribution in [1.29, 1.82) is 5.26 Å². The second kappa shape index (κ2) is 5.92. The normalized spacial score (nSPS) is 13.3. The van der Waals surface area contributed by atoms with Gasteiger partial charge in [0.15, 0.2) is 0 Å². The summed E-state index contributed by atoms with van der Waals surface area (Å²) in [5.74, 6) is -0.696. The lowest BCUT2D eigenvalue weighted by Gasteiger charge is -2.25. The predicted molar refractivity (Wildman–Crippen MR) is 78.9 cm³/mol. The van der Waals surface area contributed by atoms with Crippen molar-refractivity contribution >= 4 is 5.69 Å². The molecule has 0 amide bonds. The Balaban J connectivity index is 2.23. The van der Waals surface area contributed by atoms with E-state index in [0.29, 0.717) is 17.7 Å². The van der Waals surface area contributed by atoms with E-state index < -0.39 is 5.54 Å². The predicted octanol–water partition coefficient (Wildman–Crippen LogP) is 4.21. The van der Waals surface area contributed by atoms with Crippen LogP contribution in [0.2, 0.25) is 0 Å². The molecule has 0 radical (unpaired) electrons. The van der Waals surface area contributed by atoms with E-state index in [1.807, 2.05) is 0 Å². The number of nitriles is 1. The van der Waals surface area contributed by atoms with Gasteiger partial charge in [-0.1, -0.05) is 12.1 Å². The lowest BCUT2D eigenvalue weighted by molar-refractivity contribution is 0.610. The zero-order valence-electron chi connectivity index (χ0n) is 12.0. The third-order valence-corrected chi connectivity index (χ3v) is 3.16. The first-order chi connectivity index (χ1) is 9.90. The monoisotopic (exact) mass is 286 g/mol. The maximum Gasteiger partial charge on any atom is 0.126 e. The van der Waals surface area contributed by atoms with Crippen molar-refractivity contribution in [2.45, 2.75) is 25.8 Å². The van der Waals surface area contributed by atoms with Gasteiger partial charge in [-0.25, -0.2) is 8.78 Å². The molecule has 0 spiro atoms. The maximum absolute atomic E-state index is 13.4. The second-order valence-corrected chi connectivity index (χ2v) is 5.39. The molecule has 4 heteroatoms. The Bertz CT molecular complexity index is 671. The van der Waals surface area contributed by atoms with E-state index >= 15 is 0 Å². The average Bonchev–Trinajstić information content (AvgIpc) is 2.37. The Labute approximate surface area is 123 Å². The first-order valence-corrected chi connectivity index (χ1v) is 6.61.